The first-order valence-corrected chi connectivity index (χ1v) is 8.34. The number of halogens is 2. The van der Waals surface area contributed by atoms with Crippen LogP contribution in [0.25, 0.3) is 10.6 Å². The Bertz CT molecular complexity index is 499. The molecular weight excluding hydrogens is 476 g/mol. The molecule has 0 unspecified atom stereocenters. The molecule has 0 amide bonds. The highest BCUT2D eigenvalue weighted by atomic mass is 127. The summed E-state index contributed by atoms with van der Waals surface area (Å²) in [4.78, 5) is 15.0. The molecule has 0 bridgehead atoms. The van der Waals surface area contributed by atoms with Gasteiger partial charge in [-0.3, -0.25) is 9.78 Å². The minimum Gasteiger partial charge on any atom is -0.292 e. The summed E-state index contributed by atoms with van der Waals surface area (Å²) >= 11 is 5.94. The zero-order chi connectivity index (χ0) is 13.5. The van der Waals surface area contributed by atoms with Gasteiger partial charge >= 0.3 is 0 Å². The van der Waals surface area contributed by atoms with E-state index in [1.54, 1.807) is 12.4 Å². The molecule has 2 aromatic heterocycles. The average Bonchev–Trinajstić information content (AvgIpc) is 2.79. The lowest BCUT2D eigenvalue weighted by Crippen LogP contribution is -1.88. The lowest BCUT2D eigenvalue weighted by atomic mass is 10.3. The molecule has 0 aromatic carbocycles. The fraction of sp³-hybridized carbons (Fsp3) is 0.273. The quantitative estimate of drug-likeness (QED) is 0.365. The number of carbonyl (C=O) groups is 1. The number of carbonyl (C=O) groups excluding carboxylic acids is 1. The molecule has 0 radical (unpaired) electrons. The lowest BCUT2D eigenvalue weighted by molar-refractivity contribution is 0.101. The highest BCUT2D eigenvalue weighted by Gasteiger charge is 2.09. The molecule has 0 aliphatic carbocycles. The summed E-state index contributed by atoms with van der Waals surface area (Å²) in [6.07, 6.45) is 3.39. The summed E-state index contributed by atoms with van der Waals surface area (Å²) in [6, 6.07) is 3.71. The maximum absolute atomic E-state index is 11.0. The van der Waals surface area contributed by atoms with Crippen molar-refractivity contribution in [2.24, 2.45) is 0 Å². The summed E-state index contributed by atoms with van der Waals surface area (Å²) in [5.74, 6) is -0.0577. The second-order valence-electron chi connectivity index (χ2n) is 3.23. The topological polar surface area (TPSA) is 55.7 Å². The molecule has 0 fully saturated rings. The minimum absolute atomic E-state index is 0.0577. The number of rotatable bonds is 2. The van der Waals surface area contributed by atoms with Crippen molar-refractivity contribution in [1.82, 2.24) is 15.2 Å². The summed E-state index contributed by atoms with van der Waals surface area (Å²) in [5, 5.41) is 8.86. The van der Waals surface area contributed by atoms with E-state index in [2.05, 4.69) is 67.3 Å². The molecule has 96 valence electrons. The van der Waals surface area contributed by atoms with Crippen LogP contribution in [0, 0.1) is 0 Å². The molecule has 0 aliphatic rings. The molecule has 18 heavy (non-hydrogen) atoms. The van der Waals surface area contributed by atoms with Crippen LogP contribution in [0.1, 0.15) is 23.6 Å². The van der Waals surface area contributed by atoms with Gasteiger partial charge in [-0.1, -0.05) is 56.5 Å². The number of hydrogen-bond donors (Lipinski definition) is 0. The van der Waals surface area contributed by atoms with Crippen molar-refractivity contribution in [2.75, 3.05) is 0 Å². The summed E-state index contributed by atoms with van der Waals surface area (Å²) in [5.41, 5.74) is 0.887. The van der Waals surface area contributed by atoms with Crippen LogP contribution in [0.3, 0.4) is 0 Å². The van der Waals surface area contributed by atoms with E-state index < -0.39 is 0 Å². The molecule has 2 heterocycles. The van der Waals surface area contributed by atoms with Crippen LogP contribution in [-0.4, -0.2) is 22.9 Å². The van der Waals surface area contributed by atoms with E-state index in [-0.39, 0.29) is 5.78 Å². The largest absolute Gasteiger partial charge is 0.292 e. The second kappa shape index (κ2) is 8.10. The zero-order valence-corrected chi connectivity index (χ0v) is 14.9. The number of Topliss-reactive ketones (excluding diaryl/α,β-unsaturated/α-hetero) is 1. The molecule has 2 aromatic rings. The smallest absolute Gasteiger partial charge is 0.190 e. The summed E-state index contributed by atoms with van der Waals surface area (Å²) in [7, 11) is 0. The number of alkyl halides is 2. The van der Waals surface area contributed by atoms with Crippen molar-refractivity contribution in [2.45, 2.75) is 15.8 Å². The van der Waals surface area contributed by atoms with Gasteiger partial charge in [0.2, 0.25) is 0 Å². The molecule has 0 atom stereocenters. The molecule has 4 nitrogen and oxygen atoms in total. The van der Waals surface area contributed by atoms with E-state index in [4.69, 9.17) is 0 Å². The van der Waals surface area contributed by atoms with Gasteiger partial charge in [-0.15, -0.1) is 10.2 Å². The van der Waals surface area contributed by atoms with E-state index >= 15 is 0 Å². The Hall–Kier alpha value is -0.160. The van der Waals surface area contributed by atoms with Gasteiger partial charge in [0.25, 0.3) is 0 Å². The van der Waals surface area contributed by atoms with Gasteiger partial charge in [-0.2, -0.15) is 0 Å². The first-order valence-electron chi connectivity index (χ1n) is 5.03. The van der Waals surface area contributed by atoms with E-state index in [1.807, 2.05) is 12.1 Å². The maximum atomic E-state index is 11.0. The Kier molecular flexibility index (Phi) is 7.15. The van der Waals surface area contributed by atoms with Crippen LogP contribution in [0.4, 0.5) is 0 Å². The van der Waals surface area contributed by atoms with Crippen molar-refractivity contribution in [1.29, 1.82) is 0 Å². The number of hydrogen-bond acceptors (Lipinski definition) is 5. The zero-order valence-electron chi connectivity index (χ0n) is 9.80. The SMILES string of the molecule is CC(=O)c1nnc(-c2cccnc2)s1.CC(I)I. The third-order valence-corrected chi connectivity index (χ3v) is 2.71. The second-order valence-corrected chi connectivity index (χ2v) is 10.3. The van der Waals surface area contributed by atoms with Gasteiger partial charge < -0.3 is 0 Å². The number of pyridine rings is 1. The summed E-state index contributed by atoms with van der Waals surface area (Å²) in [6.45, 7) is 3.62. The van der Waals surface area contributed by atoms with Crippen molar-refractivity contribution >= 4 is 62.3 Å². The molecule has 0 N–H and O–H groups in total. The molecule has 0 saturated heterocycles. The Morgan fingerprint density at radius 3 is 2.50 bits per heavy atom. The first kappa shape index (κ1) is 15.9. The maximum Gasteiger partial charge on any atom is 0.190 e. The lowest BCUT2D eigenvalue weighted by Gasteiger charge is -1.90. The van der Waals surface area contributed by atoms with Crippen molar-refractivity contribution in [3.8, 4) is 10.6 Å². The predicted molar refractivity (Wildman–Crippen MR) is 90.6 cm³/mol. The van der Waals surface area contributed by atoms with Gasteiger partial charge in [-0.25, -0.2) is 0 Å². The molecule has 0 saturated carbocycles. The van der Waals surface area contributed by atoms with E-state index in [0.29, 0.717) is 5.01 Å². The molecule has 0 aliphatic heterocycles. The number of aromatic nitrogens is 3. The highest BCUT2D eigenvalue weighted by molar-refractivity contribution is 14.2. The van der Waals surface area contributed by atoms with E-state index in [1.165, 1.54) is 18.3 Å². The monoisotopic (exact) mass is 487 g/mol. The number of nitrogens with zero attached hydrogens (tertiary/aromatic N) is 3. The standard InChI is InChI=1S/C9H7N3OS.C2H4I2/c1-6(13)8-11-12-9(14-8)7-3-2-4-10-5-7;1-2(3)4/h2-5H,1H3;2H,1H3. The fourth-order valence-corrected chi connectivity index (χ4v) is 1.70. The fourth-order valence-electron chi connectivity index (χ4n) is 0.971. The number of ketones is 1. The normalized spacial score (nSPS) is 9.83. The van der Waals surface area contributed by atoms with Crippen molar-refractivity contribution in [3.63, 3.8) is 0 Å². The molecule has 2 rings (SSSR count). The third-order valence-electron chi connectivity index (χ3n) is 1.63. The van der Waals surface area contributed by atoms with Crippen LogP contribution in [0.2, 0.25) is 0 Å². The van der Waals surface area contributed by atoms with Gasteiger partial charge in [0, 0.05) is 24.9 Å². The van der Waals surface area contributed by atoms with Gasteiger partial charge in [0.15, 0.2) is 10.8 Å². The van der Waals surface area contributed by atoms with Crippen LogP contribution < -0.4 is 0 Å². The van der Waals surface area contributed by atoms with Crippen molar-refractivity contribution < 1.29 is 4.79 Å². The average molecular weight is 487 g/mol. The van der Waals surface area contributed by atoms with Crippen LogP contribution in [-0.2, 0) is 0 Å². The molecule has 0 spiro atoms. The highest BCUT2D eigenvalue weighted by Crippen LogP contribution is 2.22. The van der Waals surface area contributed by atoms with E-state index in [0.717, 1.165) is 12.5 Å². The Labute approximate surface area is 137 Å². The molecule has 7 heteroatoms. The van der Waals surface area contributed by atoms with Gasteiger partial charge in [0.05, 0.1) is 1.93 Å². The third kappa shape index (κ3) is 5.65. The minimum atomic E-state index is -0.0577. The van der Waals surface area contributed by atoms with E-state index in [9.17, 15) is 4.79 Å². The Morgan fingerprint density at radius 1 is 1.39 bits per heavy atom. The van der Waals surface area contributed by atoms with Crippen LogP contribution in [0.5, 0.6) is 0 Å². The van der Waals surface area contributed by atoms with Gasteiger partial charge in [-0.05, 0) is 19.1 Å². The summed E-state index contributed by atoms with van der Waals surface area (Å²) < 4.78 is 0.773. The van der Waals surface area contributed by atoms with Crippen molar-refractivity contribution in [3.05, 3.63) is 29.5 Å². The first-order chi connectivity index (χ1) is 8.50. The predicted octanol–water partition coefficient (Wildman–Crippen LogP) is 4.01. The Morgan fingerprint density at radius 2 is 2.06 bits per heavy atom. The van der Waals surface area contributed by atoms with Gasteiger partial charge in [0.1, 0.15) is 5.01 Å². The van der Waals surface area contributed by atoms with Crippen LogP contribution in [0.15, 0.2) is 24.5 Å². The van der Waals surface area contributed by atoms with Crippen LogP contribution >= 0.6 is 56.5 Å². The Balaban J connectivity index is 0.000000357. The molecular formula is C11H11I2N3OS.